The third-order valence-electron chi connectivity index (χ3n) is 4.46. The van der Waals surface area contributed by atoms with E-state index in [2.05, 4.69) is 0 Å². The molecule has 0 radical (unpaired) electrons. The van der Waals surface area contributed by atoms with E-state index in [1.54, 1.807) is 61.7 Å². The van der Waals surface area contributed by atoms with E-state index >= 15 is 0 Å². The molecule has 0 fully saturated rings. The van der Waals surface area contributed by atoms with Crippen LogP contribution in [-0.4, -0.2) is 18.9 Å². The summed E-state index contributed by atoms with van der Waals surface area (Å²) in [6.45, 7) is 0. The van der Waals surface area contributed by atoms with Gasteiger partial charge in [0.25, 0.3) is 0 Å². The van der Waals surface area contributed by atoms with Gasteiger partial charge in [0, 0.05) is 12.1 Å². The van der Waals surface area contributed by atoms with Crippen molar-refractivity contribution in [3.05, 3.63) is 101 Å². The molecule has 0 atom stereocenters. The minimum Gasteiger partial charge on any atom is -0.497 e. The highest BCUT2D eigenvalue weighted by atomic mass is 16.5. The van der Waals surface area contributed by atoms with Gasteiger partial charge in [0.15, 0.2) is 5.76 Å². The molecule has 0 aromatic heterocycles. The highest BCUT2D eigenvalue weighted by molar-refractivity contribution is 6.14. The van der Waals surface area contributed by atoms with Gasteiger partial charge in [-0.15, -0.1) is 0 Å². The maximum Gasteiger partial charge on any atom is 0.336 e. The number of rotatable bonds is 5. The number of carbonyl (C=O) groups excluding carboxylic acids is 2. The zero-order valence-electron chi connectivity index (χ0n) is 16.2. The van der Waals surface area contributed by atoms with Crippen molar-refractivity contribution < 1.29 is 23.8 Å². The largest absolute Gasteiger partial charge is 0.497 e. The first-order valence-corrected chi connectivity index (χ1v) is 9.30. The number of Topliss-reactive ketones (excluding diaryl/α,β-unsaturated/α-hetero) is 1. The van der Waals surface area contributed by atoms with Crippen molar-refractivity contribution in [2.45, 2.75) is 0 Å². The average molecular weight is 398 g/mol. The van der Waals surface area contributed by atoms with E-state index in [9.17, 15) is 9.59 Å². The van der Waals surface area contributed by atoms with Gasteiger partial charge in [0.05, 0.1) is 12.7 Å². The Bertz CT molecular complexity index is 1160. The van der Waals surface area contributed by atoms with Crippen molar-refractivity contribution in [1.82, 2.24) is 0 Å². The topological polar surface area (TPSA) is 61.8 Å². The summed E-state index contributed by atoms with van der Waals surface area (Å²) in [6.07, 6.45) is 4.67. The average Bonchev–Trinajstić information content (AvgIpc) is 3.07. The van der Waals surface area contributed by atoms with Crippen molar-refractivity contribution in [2.24, 2.45) is 0 Å². The minimum atomic E-state index is -0.489. The number of carbonyl (C=O) groups is 2. The Morgan fingerprint density at radius 1 is 0.900 bits per heavy atom. The van der Waals surface area contributed by atoms with Crippen LogP contribution in [-0.2, 0) is 4.79 Å². The second-order valence-corrected chi connectivity index (χ2v) is 6.54. The summed E-state index contributed by atoms with van der Waals surface area (Å²) in [4.78, 5) is 24.6. The van der Waals surface area contributed by atoms with E-state index in [0.29, 0.717) is 28.4 Å². The molecular formula is C25H18O5. The number of methoxy groups -OCH3 is 1. The molecule has 148 valence electrons. The SMILES string of the molecule is COc1ccc2c(c1)O/C(=C\c1cccc(OC(=O)/C=C/c3ccccc3)c1)C2=O. The van der Waals surface area contributed by atoms with E-state index in [1.807, 2.05) is 30.3 Å². The summed E-state index contributed by atoms with van der Waals surface area (Å²) in [5.74, 6) is 0.944. The van der Waals surface area contributed by atoms with Crippen molar-refractivity contribution in [3.63, 3.8) is 0 Å². The highest BCUT2D eigenvalue weighted by Gasteiger charge is 2.27. The van der Waals surface area contributed by atoms with Crippen LogP contribution in [0.5, 0.6) is 17.2 Å². The fraction of sp³-hybridized carbons (Fsp3) is 0.0400. The molecule has 3 aromatic carbocycles. The first-order chi connectivity index (χ1) is 14.6. The second-order valence-electron chi connectivity index (χ2n) is 6.54. The number of esters is 1. The number of hydrogen-bond donors (Lipinski definition) is 0. The summed E-state index contributed by atoms with van der Waals surface area (Å²) in [7, 11) is 1.55. The van der Waals surface area contributed by atoms with Crippen LogP contribution in [0.4, 0.5) is 0 Å². The standard InChI is InChI=1S/C25H18O5/c1-28-19-11-12-21-22(16-19)30-23(25(21)27)15-18-8-5-9-20(14-18)29-24(26)13-10-17-6-3-2-4-7-17/h2-16H,1H3/b13-10+,23-15-. The van der Waals surface area contributed by atoms with Gasteiger partial charge in [0.1, 0.15) is 17.2 Å². The van der Waals surface area contributed by atoms with Gasteiger partial charge in [0.2, 0.25) is 5.78 Å². The molecule has 0 spiro atoms. The molecule has 3 aromatic rings. The summed E-state index contributed by atoms with van der Waals surface area (Å²) in [6, 6.07) is 21.4. The lowest BCUT2D eigenvalue weighted by Crippen LogP contribution is -2.03. The lowest BCUT2D eigenvalue weighted by Gasteiger charge is -2.04. The van der Waals surface area contributed by atoms with Crippen LogP contribution in [0.1, 0.15) is 21.5 Å². The molecular weight excluding hydrogens is 380 g/mol. The molecule has 4 rings (SSSR count). The van der Waals surface area contributed by atoms with Gasteiger partial charge in [-0.3, -0.25) is 4.79 Å². The predicted molar refractivity (Wildman–Crippen MR) is 113 cm³/mol. The Morgan fingerprint density at radius 2 is 1.70 bits per heavy atom. The van der Waals surface area contributed by atoms with Crippen LogP contribution in [0.2, 0.25) is 0 Å². The minimum absolute atomic E-state index is 0.200. The van der Waals surface area contributed by atoms with Gasteiger partial charge in [-0.05, 0) is 47.5 Å². The van der Waals surface area contributed by atoms with Gasteiger partial charge in [-0.1, -0.05) is 42.5 Å². The van der Waals surface area contributed by atoms with E-state index in [0.717, 1.165) is 5.56 Å². The lowest BCUT2D eigenvalue weighted by molar-refractivity contribution is -0.128. The van der Waals surface area contributed by atoms with Crippen LogP contribution in [0.25, 0.3) is 12.2 Å². The van der Waals surface area contributed by atoms with Crippen LogP contribution >= 0.6 is 0 Å². The van der Waals surface area contributed by atoms with Crippen LogP contribution in [0.15, 0.2) is 84.6 Å². The van der Waals surface area contributed by atoms with Gasteiger partial charge >= 0.3 is 5.97 Å². The summed E-state index contributed by atoms with van der Waals surface area (Å²) < 4.78 is 16.2. The maximum absolute atomic E-state index is 12.6. The molecule has 0 aliphatic carbocycles. The molecule has 5 nitrogen and oxygen atoms in total. The first-order valence-electron chi connectivity index (χ1n) is 9.30. The highest BCUT2D eigenvalue weighted by Crippen LogP contribution is 2.34. The molecule has 0 amide bonds. The Kier molecular flexibility index (Phi) is 5.44. The van der Waals surface area contributed by atoms with Crippen LogP contribution in [0.3, 0.4) is 0 Å². The van der Waals surface area contributed by atoms with E-state index in [4.69, 9.17) is 14.2 Å². The number of fused-ring (bicyclic) bond motifs is 1. The first kappa shape index (κ1) is 19.2. The molecule has 0 unspecified atom stereocenters. The number of ketones is 1. The van der Waals surface area contributed by atoms with Crippen molar-refractivity contribution in [3.8, 4) is 17.2 Å². The molecule has 0 bridgehead atoms. The van der Waals surface area contributed by atoms with E-state index in [1.165, 1.54) is 6.08 Å². The zero-order valence-corrected chi connectivity index (χ0v) is 16.2. The molecule has 5 heteroatoms. The van der Waals surface area contributed by atoms with E-state index < -0.39 is 5.97 Å². The molecule has 0 N–H and O–H groups in total. The molecule has 1 aliphatic heterocycles. The number of allylic oxidation sites excluding steroid dienone is 1. The zero-order chi connectivity index (χ0) is 20.9. The third kappa shape index (κ3) is 4.31. The lowest BCUT2D eigenvalue weighted by atomic mass is 10.1. The van der Waals surface area contributed by atoms with Crippen molar-refractivity contribution in [2.75, 3.05) is 7.11 Å². The van der Waals surface area contributed by atoms with Gasteiger partial charge in [-0.25, -0.2) is 4.79 Å². The fourth-order valence-corrected chi connectivity index (χ4v) is 2.99. The van der Waals surface area contributed by atoms with Gasteiger partial charge in [-0.2, -0.15) is 0 Å². The Morgan fingerprint density at radius 3 is 2.50 bits per heavy atom. The smallest absolute Gasteiger partial charge is 0.336 e. The Balaban J connectivity index is 1.48. The normalized spacial score (nSPS) is 13.9. The maximum atomic E-state index is 12.6. The molecule has 1 heterocycles. The summed E-state index contributed by atoms with van der Waals surface area (Å²) >= 11 is 0. The fourth-order valence-electron chi connectivity index (χ4n) is 2.99. The van der Waals surface area contributed by atoms with Crippen molar-refractivity contribution in [1.29, 1.82) is 0 Å². The molecule has 1 aliphatic rings. The Hall–Kier alpha value is -4.12. The second kappa shape index (κ2) is 8.49. The van der Waals surface area contributed by atoms with Crippen LogP contribution in [0, 0.1) is 0 Å². The molecule has 0 saturated heterocycles. The number of hydrogen-bond acceptors (Lipinski definition) is 5. The third-order valence-corrected chi connectivity index (χ3v) is 4.46. The summed E-state index contributed by atoms with van der Waals surface area (Å²) in [5.41, 5.74) is 2.06. The predicted octanol–water partition coefficient (Wildman–Crippen LogP) is 4.93. The van der Waals surface area contributed by atoms with Crippen LogP contribution < -0.4 is 14.2 Å². The Labute approximate surface area is 173 Å². The molecule has 30 heavy (non-hydrogen) atoms. The van der Waals surface area contributed by atoms with Crippen molar-refractivity contribution >= 4 is 23.9 Å². The molecule has 0 saturated carbocycles. The summed E-state index contributed by atoms with van der Waals surface area (Å²) in [5, 5.41) is 0. The van der Waals surface area contributed by atoms with E-state index in [-0.39, 0.29) is 11.5 Å². The quantitative estimate of drug-likeness (QED) is 0.346. The number of ether oxygens (including phenoxy) is 3. The van der Waals surface area contributed by atoms with Gasteiger partial charge < -0.3 is 14.2 Å². The monoisotopic (exact) mass is 398 g/mol. The number of benzene rings is 3.